The van der Waals surface area contributed by atoms with Crippen molar-refractivity contribution in [3.05, 3.63) is 33.8 Å². The predicted octanol–water partition coefficient (Wildman–Crippen LogP) is 3.73. The average Bonchev–Trinajstić information content (AvgIpc) is 2.65. The Bertz CT molecular complexity index is 432. The van der Waals surface area contributed by atoms with E-state index in [4.69, 9.17) is 28.9 Å². The summed E-state index contributed by atoms with van der Waals surface area (Å²) in [6, 6.07) is 6.05. The van der Waals surface area contributed by atoms with Gasteiger partial charge in [0.2, 0.25) is 0 Å². The maximum Gasteiger partial charge on any atom is 0.0595 e. The molecule has 1 atom stereocenters. The van der Waals surface area contributed by atoms with Gasteiger partial charge in [0, 0.05) is 19.1 Å². The summed E-state index contributed by atoms with van der Waals surface area (Å²) in [6.07, 6.45) is 1.21. The summed E-state index contributed by atoms with van der Waals surface area (Å²) in [6.45, 7) is 7.38. The lowest BCUT2D eigenvalue weighted by atomic mass is 9.93. The van der Waals surface area contributed by atoms with Gasteiger partial charge in [-0.05, 0) is 36.1 Å². The van der Waals surface area contributed by atoms with Gasteiger partial charge in [-0.3, -0.25) is 4.90 Å². The molecule has 1 unspecified atom stereocenters. The Labute approximate surface area is 119 Å². The van der Waals surface area contributed by atoms with Crippen molar-refractivity contribution in [2.24, 2.45) is 11.1 Å². The zero-order valence-electron chi connectivity index (χ0n) is 10.9. The molecule has 1 saturated heterocycles. The highest BCUT2D eigenvalue weighted by molar-refractivity contribution is 6.42. The van der Waals surface area contributed by atoms with Crippen molar-refractivity contribution in [2.75, 3.05) is 19.6 Å². The number of rotatable bonds is 3. The molecule has 2 nitrogen and oxygen atoms in total. The molecule has 18 heavy (non-hydrogen) atoms. The first-order valence-corrected chi connectivity index (χ1v) is 7.07. The molecule has 0 amide bonds. The largest absolute Gasteiger partial charge is 0.329 e. The van der Waals surface area contributed by atoms with Crippen LogP contribution in [0.3, 0.4) is 0 Å². The van der Waals surface area contributed by atoms with Gasteiger partial charge in [0.15, 0.2) is 0 Å². The van der Waals surface area contributed by atoms with Crippen LogP contribution in [0.15, 0.2) is 18.2 Å². The van der Waals surface area contributed by atoms with E-state index in [1.54, 1.807) is 0 Å². The molecule has 1 fully saturated rings. The highest BCUT2D eigenvalue weighted by Crippen LogP contribution is 2.35. The molecule has 100 valence electrons. The van der Waals surface area contributed by atoms with Crippen LogP contribution in [0.5, 0.6) is 0 Å². The second kappa shape index (κ2) is 5.38. The van der Waals surface area contributed by atoms with Gasteiger partial charge in [-0.15, -0.1) is 0 Å². The SMILES string of the molecule is CC1(C)CCN(C(CN)c2ccc(Cl)c(Cl)c2)C1. The summed E-state index contributed by atoms with van der Waals surface area (Å²) in [5, 5.41) is 1.20. The van der Waals surface area contributed by atoms with Gasteiger partial charge in [-0.2, -0.15) is 0 Å². The van der Waals surface area contributed by atoms with Crippen molar-refractivity contribution in [3.8, 4) is 0 Å². The molecule has 1 aromatic carbocycles. The molecular formula is C14H20Cl2N2. The summed E-state index contributed by atoms with van der Waals surface area (Å²) < 4.78 is 0. The van der Waals surface area contributed by atoms with E-state index in [1.165, 1.54) is 6.42 Å². The van der Waals surface area contributed by atoms with Crippen molar-refractivity contribution in [1.29, 1.82) is 0 Å². The van der Waals surface area contributed by atoms with E-state index >= 15 is 0 Å². The molecule has 2 rings (SSSR count). The van der Waals surface area contributed by atoms with Gasteiger partial charge in [-0.1, -0.05) is 43.1 Å². The molecule has 4 heteroatoms. The Morgan fingerprint density at radius 1 is 1.33 bits per heavy atom. The third kappa shape index (κ3) is 3.00. The second-order valence-electron chi connectivity index (χ2n) is 5.81. The van der Waals surface area contributed by atoms with Gasteiger partial charge in [0.25, 0.3) is 0 Å². The van der Waals surface area contributed by atoms with Crippen LogP contribution in [0.25, 0.3) is 0 Å². The van der Waals surface area contributed by atoms with E-state index < -0.39 is 0 Å². The van der Waals surface area contributed by atoms with E-state index in [-0.39, 0.29) is 6.04 Å². The van der Waals surface area contributed by atoms with Gasteiger partial charge < -0.3 is 5.73 Å². The number of benzene rings is 1. The van der Waals surface area contributed by atoms with Crippen LogP contribution in [0.1, 0.15) is 31.9 Å². The number of hydrogen-bond donors (Lipinski definition) is 1. The smallest absolute Gasteiger partial charge is 0.0595 e. The molecule has 1 aliphatic rings. The first kappa shape index (κ1) is 14.1. The number of nitrogens with zero attached hydrogens (tertiary/aromatic N) is 1. The maximum absolute atomic E-state index is 6.09. The Kier molecular flexibility index (Phi) is 4.22. The van der Waals surface area contributed by atoms with Crippen molar-refractivity contribution >= 4 is 23.2 Å². The Morgan fingerprint density at radius 3 is 2.56 bits per heavy atom. The number of halogens is 2. The third-order valence-corrected chi connectivity index (χ3v) is 4.44. The van der Waals surface area contributed by atoms with Gasteiger partial charge in [0.1, 0.15) is 0 Å². The Hall–Kier alpha value is -0.280. The van der Waals surface area contributed by atoms with E-state index in [0.29, 0.717) is 22.0 Å². The monoisotopic (exact) mass is 286 g/mol. The van der Waals surface area contributed by atoms with E-state index in [1.807, 2.05) is 18.2 Å². The molecule has 0 spiro atoms. The molecular weight excluding hydrogens is 267 g/mol. The molecule has 0 radical (unpaired) electrons. The Balaban J connectivity index is 2.21. The highest BCUT2D eigenvalue weighted by atomic mass is 35.5. The molecule has 0 aromatic heterocycles. The number of nitrogens with two attached hydrogens (primary N) is 1. The zero-order valence-corrected chi connectivity index (χ0v) is 12.4. The van der Waals surface area contributed by atoms with Crippen LogP contribution in [0, 0.1) is 5.41 Å². The average molecular weight is 287 g/mol. The number of hydrogen-bond acceptors (Lipinski definition) is 2. The number of likely N-dealkylation sites (tertiary alicyclic amines) is 1. The lowest BCUT2D eigenvalue weighted by Gasteiger charge is -2.28. The first-order valence-electron chi connectivity index (χ1n) is 6.32. The molecule has 1 aliphatic heterocycles. The van der Waals surface area contributed by atoms with Crippen LogP contribution in [-0.2, 0) is 0 Å². The van der Waals surface area contributed by atoms with Crippen LogP contribution in [0.2, 0.25) is 10.0 Å². The minimum atomic E-state index is 0.238. The summed E-state index contributed by atoms with van der Waals surface area (Å²) in [5.74, 6) is 0. The van der Waals surface area contributed by atoms with E-state index in [0.717, 1.165) is 18.7 Å². The van der Waals surface area contributed by atoms with Crippen molar-refractivity contribution < 1.29 is 0 Å². The fourth-order valence-electron chi connectivity index (χ4n) is 2.64. The molecule has 2 N–H and O–H groups in total. The van der Waals surface area contributed by atoms with Crippen molar-refractivity contribution in [3.63, 3.8) is 0 Å². The molecule has 0 aliphatic carbocycles. The highest BCUT2D eigenvalue weighted by Gasteiger charge is 2.33. The van der Waals surface area contributed by atoms with E-state index in [9.17, 15) is 0 Å². The molecule has 1 heterocycles. The topological polar surface area (TPSA) is 29.3 Å². The fraction of sp³-hybridized carbons (Fsp3) is 0.571. The first-order chi connectivity index (χ1) is 8.43. The minimum absolute atomic E-state index is 0.238. The molecule has 0 saturated carbocycles. The summed E-state index contributed by atoms with van der Waals surface area (Å²) >= 11 is 12.0. The normalized spacial score (nSPS) is 21.2. The molecule has 1 aromatic rings. The molecule has 0 bridgehead atoms. The quantitative estimate of drug-likeness (QED) is 0.918. The van der Waals surface area contributed by atoms with Crippen LogP contribution >= 0.6 is 23.2 Å². The second-order valence-corrected chi connectivity index (χ2v) is 6.62. The Morgan fingerprint density at radius 2 is 2.06 bits per heavy atom. The predicted molar refractivity (Wildman–Crippen MR) is 78.2 cm³/mol. The lowest BCUT2D eigenvalue weighted by molar-refractivity contribution is 0.223. The summed E-state index contributed by atoms with van der Waals surface area (Å²) in [7, 11) is 0. The van der Waals surface area contributed by atoms with Crippen molar-refractivity contribution in [1.82, 2.24) is 4.90 Å². The van der Waals surface area contributed by atoms with Crippen LogP contribution in [-0.4, -0.2) is 24.5 Å². The third-order valence-electron chi connectivity index (χ3n) is 3.70. The standard InChI is InChI=1S/C14H20Cl2N2/c1-14(2)5-6-18(9-14)13(8-17)10-3-4-11(15)12(16)7-10/h3-4,7,13H,5-6,8-9,17H2,1-2H3. The van der Waals surface area contributed by atoms with E-state index in [2.05, 4.69) is 18.7 Å². The summed E-state index contributed by atoms with van der Waals surface area (Å²) in [5.41, 5.74) is 7.48. The maximum atomic E-state index is 6.09. The van der Waals surface area contributed by atoms with Gasteiger partial charge >= 0.3 is 0 Å². The van der Waals surface area contributed by atoms with Gasteiger partial charge in [-0.25, -0.2) is 0 Å². The lowest BCUT2D eigenvalue weighted by Crippen LogP contribution is -2.33. The zero-order chi connectivity index (χ0) is 13.3. The minimum Gasteiger partial charge on any atom is -0.329 e. The van der Waals surface area contributed by atoms with Gasteiger partial charge in [0.05, 0.1) is 10.0 Å². The van der Waals surface area contributed by atoms with Crippen molar-refractivity contribution in [2.45, 2.75) is 26.3 Å². The van der Waals surface area contributed by atoms with Crippen LogP contribution in [0.4, 0.5) is 0 Å². The fourth-order valence-corrected chi connectivity index (χ4v) is 2.94. The summed E-state index contributed by atoms with van der Waals surface area (Å²) in [4.78, 5) is 2.44. The van der Waals surface area contributed by atoms with Crippen LogP contribution < -0.4 is 5.73 Å².